The standard InChI is InChI=1S/C17H32.H2O/c1-12-5-7-16(8-6-12)11-17-9-13(2)15(4)14(3)10-17;/h12-17H,5-11H2,1-4H3;1H2. The second kappa shape index (κ2) is 6.93. The summed E-state index contributed by atoms with van der Waals surface area (Å²) in [4.78, 5) is 0. The van der Waals surface area contributed by atoms with Gasteiger partial charge in [0.2, 0.25) is 0 Å². The van der Waals surface area contributed by atoms with Crippen LogP contribution in [0.1, 0.15) is 72.6 Å². The van der Waals surface area contributed by atoms with E-state index in [1.54, 1.807) is 6.42 Å². The van der Waals surface area contributed by atoms with Crippen LogP contribution in [-0.4, -0.2) is 5.48 Å². The lowest BCUT2D eigenvalue weighted by Gasteiger charge is -2.39. The quantitative estimate of drug-likeness (QED) is 0.684. The van der Waals surface area contributed by atoms with Crippen LogP contribution in [-0.2, 0) is 0 Å². The van der Waals surface area contributed by atoms with Crippen LogP contribution in [0.2, 0.25) is 0 Å². The molecule has 0 aliphatic heterocycles. The van der Waals surface area contributed by atoms with Gasteiger partial charge in [-0.3, -0.25) is 0 Å². The number of rotatable bonds is 2. The first kappa shape index (κ1) is 16.0. The van der Waals surface area contributed by atoms with Crippen molar-refractivity contribution in [1.29, 1.82) is 0 Å². The Labute approximate surface area is 114 Å². The summed E-state index contributed by atoms with van der Waals surface area (Å²) in [5, 5.41) is 0. The molecule has 2 saturated carbocycles. The number of hydrogen-bond donors (Lipinski definition) is 0. The van der Waals surface area contributed by atoms with E-state index < -0.39 is 0 Å². The first-order valence-corrected chi connectivity index (χ1v) is 8.06. The van der Waals surface area contributed by atoms with Crippen molar-refractivity contribution < 1.29 is 5.48 Å². The zero-order valence-corrected chi connectivity index (χ0v) is 12.9. The van der Waals surface area contributed by atoms with Gasteiger partial charge in [-0.1, -0.05) is 53.4 Å². The maximum atomic E-state index is 2.48. The monoisotopic (exact) mass is 254 g/mol. The van der Waals surface area contributed by atoms with Crippen LogP contribution in [0, 0.1) is 35.5 Å². The van der Waals surface area contributed by atoms with Crippen LogP contribution in [0.15, 0.2) is 0 Å². The highest BCUT2D eigenvalue weighted by atomic mass is 16.0. The van der Waals surface area contributed by atoms with Crippen molar-refractivity contribution in [3.05, 3.63) is 0 Å². The second-order valence-corrected chi connectivity index (χ2v) is 7.51. The van der Waals surface area contributed by atoms with E-state index in [0.717, 1.165) is 35.5 Å². The summed E-state index contributed by atoms with van der Waals surface area (Å²) in [5.74, 6) is 6.02. The lowest BCUT2D eigenvalue weighted by atomic mass is 9.66. The Morgan fingerprint density at radius 1 is 0.722 bits per heavy atom. The summed E-state index contributed by atoms with van der Waals surface area (Å²) >= 11 is 0. The maximum Gasteiger partial charge on any atom is -0.0391 e. The highest BCUT2D eigenvalue weighted by molar-refractivity contribution is 4.82. The normalized spacial score (nSPS) is 45.3. The van der Waals surface area contributed by atoms with E-state index in [1.165, 1.54) is 38.5 Å². The zero-order valence-electron chi connectivity index (χ0n) is 12.9. The highest BCUT2D eigenvalue weighted by Crippen LogP contribution is 2.42. The predicted molar refractivity (Wildman–Crippen MR) is 79.6 cm³/mol. The van der Waals surface area contributed by atoms with Gasteiger partial charge in [-0.2, -0.15) is 0 Å². The van der Waals surface area contributed by atoms with Crippen molar-refractivity contribution in [2.75, 3.05) is 0 Å². The first-order chi connectivity index (χ1) is 8.06. The van der Waals surface area contributed by atoms with E-state index in [2.05, 4.69) is 27.7 Å². The first-order valence-electron chi connectivity index (χ1n) is 8.06. The molecule has 2 atom stereocenters. The van der Waals surface area contributed by atoms with Gasteiger partial charge in [0, 0.05) is 0 Å². The maximum absolute atomic E-state index is 2.48. The van der Waals surface area contributed by atoms with E-state index in [0.29, 0.717) is 0 Å². The molecule has 0 spiro atoms. The van der Waals surface area contributed by atoms with Crippen molar-refractivity contribution in [2.24, 2.45) is 35.5 Å². The predicted octanol–water partition coefficient (Wildman–Crippen LogP) is 4.70. The molecule has 0 aromatic rings. The minimum atomic E-state index is 0. The smallest absolute Gasteiger partial charge is 0.0391 e. The van der Waals surface area contributed by atoms with E-state index in [1.807, 2.05) is 0 Å². The molecule has 18 heavy (non-hydrogen) atoms. The van der Waals surface area contributed by atoms with Crippen LogP contribution in [0.25, 0.3) is 0 Å². The van der Waals surface area contributed by atoms with Crippen LogP contribution in [0.3, 0.4) is 0 Å². The molecule has 0 amide bonds. The minimum Gasteiger partial charge on any atom is -0.412 e. The average Bonchev–Trinajstić information content (AvgIpc) is 2.29. The van der Waals surface area contributed by atoms with Gasteiger partial charge in [-0.05, 0) is 54.8 Å². The Balaban J connectivity index is 0.00000162. The van der Waals surface area contributed by atoms with Crippen molar-refractivity contribution in [2.45, 2.75) is 72.6 Å². The molecular weight excluding hydrogens is 220 g/mol. The summed E-state index contributed by atoms with van der Waals surface area (Å²) in [6, 6.07) is 0. The molecule has 0 heterocycles. The molecule has 2 fully saturated rings. The second-order valence-electron chi connectivity index (χ2n) is 7.51. The average molecular weight is 254 g/mol. The summed E-state index contributed by atoms with van der Waals surface area (Å²) in [6.07, 6.45) is 10.6. The lowest BCUT2D eigenvalue weighted by molar-refractivity contribution is 0.114. The Bertz CT molecular complexity index is 218. The van der Waals surface area contributed by atoms with Crippen molar-refractivity contribution in [3.63, 3.8) is 0 Å². The molecule has 0 radical (unpaired) electrons. The molecule has 2 aliphatic rings. The van der Waals surface area contributed by atoms with Crippen LogP contribution in [0.5, 0.6) is 0 Å². The Morgan fingerprint density at radius 2 is 1.22 bits per heavy atom. The van der Waals surface area contributed by atoms with E-state index in [9.17, 15) is 0 Å². The molecule has 2 N–H and O–H groups in total. The molecule has 0 saturated heterocycles. The summed E-state index contributed by atoms with van der Waals surface area (Å²) in [6.45, 7) is 9.86. The van der Waals surface area contributed by atoms with Gasteiger partial charge in [-0.15, -0.1) is 0 Å². The fourth-order valence-corrected chi connectivity index (χ4v) is 4.37. The Hall–Kier alpha value is -0.0400. The molecule has 2 unspecified atom stereocenters. The van der Waals surface area contributed by atoms with E-state index >= 15 is 0 Å². The molecule has 1 heteroatoms. The van der Waals surface area contributed by atoms with Crippen LogP contribution >= 0.6 is 0 Å². The van der Waals surface area contributed by atoms with Crippen LogP contribution < -0.4 is 0 Å². The Kier molecular flexibility index (Phi) is 6.17. The van der Waals surface area contributed by atoms with Gasteiger partial charge >= 0.3 is 0 Å². The third-order valence-electron chi connectivity index (χ3n) is 6.01. The third-order valence-corrected chi connectivity index (χ3v) is 6.01. The van der Waals surface area contributed by atoms with E-state index in [-0.39, 0.29) is 5.48 Å². The van der Waals surface area contributed by atoms with Gasteiger partial charge in [0.05, 0.1) is 0 Å². The number of hydrogen-bond acceptors (Lipinski definition) is 0. The largest absolute Gasteiger partial charge is 0.412 e. The van der Waals surface area contributed by atoms with Gasteiger partial charge in [0.25, 0.3) is 0 Å². The Morgan fingerprint density at radius 3 is 1.72 bits per heavy atom. The summed E-state index contributed by atoms with van der Waals surface area (Å²) in [7, 11) is 0. The molecule has 0 bridgehead atoms. The van der Waals surface area contributed by atoms with Gasteiger partial charge < -0.3 is 5.48 Å². The minimum absolute atomic E-state index is 0. The van der Waals surface area contributed by atoms with Gasteiger partial charge in [0.1, 0.15) is 0 Å². The van der Waals surface area contributed by atoms with Crippen molar-refractivity contribution >= 4 is 0 Å². The van der Waals surface area contributed by atoms with Crippen LogP contribution in [0.4, 0.5) is 0 Å². The fourth-order valence-electron chi connectivity index (χ4n) is 4.37. The molecule has 1 nitrogen and oxygen atoms in total. The molecule has 0 aromatic carbocycles. The van der Waals surface area contributed by atoms with Crippen molar-refractivity contribution in [3.8, 4) is 0 Å². The highest BCUT2D eigenvalue weighted by Gasteiger charge is 2.31. The summed E-state index contributed by atoms with van der Waals surface area (Å²) in [5.41, 5.74) is 0. The zero-order chi connectivity index (χ0) is 12.4. The van der Waals surface area contributed by atoms with E-state index in [4.69, 9.17) is 0 Å². The molecule has 2 rings (SSSR count). The molecule has 108 valence electrons. The third kappa shape index (κ3) is 3.98. The van der Waals surface area contributed by atoms with Gasteiger partial charge in [0.15, 0.2) is 0 Å². The van der Waals surface area contributed by atoms with Crippen molar-refractivity contribution in [1.82, 2.24) is 0 Å². The molecular formula is C17H34O. The molecule has 0 aromatic heterocycles. The lowest BCUT2D eigenvalue weighted by Crippen LogP contribution is -2.29. The fraction of sp³-hybridized carbons (Fsp3) is 1.00. The SMILES string of the molecule is CC1CCC(CC2CC(C)C(C)C(C)C2)CC1.O. The summed E-state index contributed by atoms with van der Waals surface area (Å²) < 4.78 is 0. The molecule has 2 aliphatic carbocycles. The topological polar surface area (TPSA) is 31.5 Å². The van der Waals surface area contributed by atoms with Gasteiger partial charge in [-0.25, -0.2) is 0 Å².